The van der Waals surface area contributed by atoms with Crippen LogP contribution in [0.1, 0.15) is 52.3 Å². The van der Waals surface area contributed by atoms with Crippen molar-refractivity contribution in [2.75, 3.05) is 6.54 Å². The second kappa shape index (κ2) is 6.74. The predicted octanol–water partition coefficient (Wildman–Crippen LogP) is 4.87. The van der Waals surface area contributed by atoms with Crippen LogP contribution >= 0.6 is 23.2 Å². The molecule has 0 aliphatic heterocycles. The molecule has 1 unspecified atom stereocenters. The van der Waals surface area contributed by atoms with E-state index in [0.29, 0.717) is 15.5 Å². The zero-order valence-corrected chi connectivity index (χ0v) is 13.1. The van der Waals surface area contributed by atoms with Gasteiger partial charge in [0.15, 0.2) is 0 Å². The second-order valence-electron chi connectivity index (χ2n) is 5.73. The minimum atomic E-state index is 0.194. The highest BCUT2D eigenvalue weighted by atomic mass is 35.5. The lowest BCUT2D eigenvalue weighted by molar-refractivity contribution is 0.331. The maximum absolute atomic E-state index is 6.22. The topological polar surface area (TPSA) is 24.9 Å². The maximum Gasteiger partial charge on any atom is 0.0760 e. The van der Waals surface area contributed by atoms with Gasteiger partial charge in [0.25, 0.3) is 0 Å². The van der Waals surface area contributed by atoms with Crippen LogP contribution in [0.4, 0.5) is 0 Å². The molecular weight excluding hydrogens is 267 g/mol. The van der Waals surface area contributed by atoms with Crippen LogP contribution in [0, 0.1) is 5.41 Å². The molecule has 1 rings (SSSR count). The Morgan fingerprint density at radius 2 is 2.00 bits per heavy atom. The molecule has 0 saturated heterocycles. The number of pyridine rings is 1. The zero-order chi connectivity index (χ0) is 13.8. The van der Waals surface area contributed by atoms with E-state index < -0.39 is 0 Å². The first-order chi connectivity index (χ1) is 8.33. The largest absolute Gasteiger partial charge is 0.309 e. The zero-order valence-electron chi connectivity index (χ0n) is 11.6. The lowest BCUT2D eigenvalue weighted by Crippen LogP contribution is -2.23. The van der Waals surface area contributed by atoms with Crippen molar-refractivity contribution in [1.29, 1.82) is 0 Å². The molecule has 0 aliphatic rings. The van der Waals surface area contributed by atoms with Crippen LogP contribution < -0.4 is 5.32 Å². The highest BCUT2D eigenvalue weighted by Gasteiger charge is 2.19. The summed E-state index contributed by atoms with van der Waals surface area (Å²) in [5, 5.41) is 4.66. The van der Waals surface area contributed by atoms with Crippen molar-refractivity contribution in [3.63, 3.8) is 0 Å². The van der Waals surface area contributed by atoms with Gasteiger partial charge in [0.05, 0.1) is 21.8 Å². The summed E-state index contributed by atoms with van der Waals surface area (Å²) in [7, 11) is 0. The van der Waals surface area contributed by atoms with E-state index in [2.05, 4.69) is 38.0 Å². The molecule has 1 aromatic heterocycles. The molecule has 0 saturated carbocycles. The Balaban J connectivity index is 2.83. The molecule has 18 heavy (non-hydrogen) atoms. The van der Waals surface area contributed by atoms with E-state index in [1.165, 1.54) is 0 Å². The third kappa shape index (κ3) is 5.13. The molecule has 1 aromatic rings. The van der Waals surface area contributed by atoms with Gasteiger partial charge in [-0.1, -0.05) is 50.9 Å². The fourth-order valence-electron chi connectivity index (χ4n) is 1.84. The minimum Gasteiger partial charge on any atom is -0.309 e. The predicted molar refractivity (Wildman–Crippen MR) is 79.4 cm³/mol. The Kier molecular flexibility index (Phi) is 5.90. The van der Waals surface area contributed by atoms with Crippen LogP contribution in [-0.4, -0.2) is 11.5 Å². The number of hydrogen-bond acceptors (Lipinski definition) is 2. The van der Waals surface area contributed by atoms with Gasteiger partial charge in [-0.05, 0) is 30.9 Å². The third-order valence-electron chi connectivity index (χ3n) is 2.80. The van der Waals surface area contributed by atoms with Gasteiger partial charge in [-0.15, -0.1) is 0 Å². The SMILES string of the molecule is CCNC(CCC(C)(C)C)c1ncc(Cl)cc1Cl. The first-order valence-electron chi connectivity index (χ1n) is 6.38. The Morgan fingerprint density at radius 3 is 2.50 bits per heavy atom. The summed E-state index contributed by atoms with van der Waals surface area (Å²) < 4.78 is 0. The summed E-state index contributed by atoms with van der Waals surface area (Å²) in [6.07, 6.45) is 3.79. The summed E-state index contributed by atoms with van der Waals surface area (Å²) in [6, 6.07) is 1.95. The van der Waals surface area contributed by atoms with E-state index in [0.717, 1.165) is 25.1 Å². The normalized spacial score (nSPS) is 13.7. The molecule has 0 radical (unpaired) electrons. The lowest BCUT2D eigenvalue weighted by atomic mass is 9.88. The summed E-state index contributed by atoms with van der Waals surface area (Å²) in [4.78, 5) is 4.37. The fraction of sp³-hybridized carbons (Fsp3) is 0.643. The molecule has 0 amide bonds. The Hall–Kier alpha value is -0.310. The second-order valence-corrected chi connectivity index (χ2v) is 6.57. The van der Waals surface area contributed by atoms with E-state index in [9.17, 15) is 0 Å². The van der Waals surface area contributed by atoms with Crippen molar-refractivity contribution in [3.8, 4) is 0 Å². The number of halogens is 2. The molecular formula is C14H22Cl2N2. The first kappa shape index (κ1) is 15.7. The van der Waals surface area contributed by atoms with Crippen LogP contribution in [0.15, 0.2) is 12.3 Å². The van der Waals surface area contributed by atoms with E-state index in [1.54, 1.807) is 12.3 Å². The smallest absolute Gasteiger partial charge is 0.0760 e. The summed E-state index contributed by atoms with van der Waals surface area (Å²) >= 11 is 12.1. The van der Waals surface area contributed by atoms with Crippen LogP contribution in [0.2, 0.25) is 10.0 Å². The van der Waals surface area contributed by atoms with Gasteiger partial charge in [0, 0.05) is 6.20 Å². The van der Waals surface area contributed by atoms with Gasteiger partial charge in [-0.2, -0.15) is 0 Å². The van der Waals surface area contributed by atoms with Crippen LogP contribution in [0.25, 0.3) is 0 Å². The summed E-state index contributed by atoms with van der Waals surface area (Å²) in [5.41, 5.74) is 1.21. The fourth-order valence-corrected chi connectivity index (χ4v) is 2.35. The standard InChI is InChI=1S/C14H22Cl2N2/c1-5-17-12(6-7-14(2,3)4)13-11(16)8-10(15)9-18-13/h8-9,12,17H,5-7H2,1-4H3. The van der Waals surface area contributed by atoms with Gasteiger partial charge in [0.2, 0.25) is 0 Å². The Morgan fingerprint density at radius 1 is 1.33 bits per heavy atom. The van der Waals surface area contributed by atoms with Crippen molar-refractivity contribution in [2.45, 2.75) is 46.6 Å². The molecule has 1 N–H and O–H groups in total. The van der Waals surface area contributed by atoms with E-state index >= 15 is 0 Å². The quantitative estimate of drug-likeness (QED) is 0.836. The molecule has 0 fully saturated rings. The summed E-state index contributed by atoms with van der Waals surface area (Å²) in [6.45, 7) is 9.72. The molecule has 102 valence electrons. The van der Waals surface area contributed by atoms with E-state index in [-0.39, 0.29) is 6.04 Å². The molecule has 0 aromatic carbocycles. The average Bonchev–Trinajstić information content (AvgIpc) is 2.24. The lowest BCUT2D eigenvalue weighted by Gasteiger charge is -2.24. The molecule has 1 atom stereocenters. The van der Waals surface area contributed by atoms with Crippen molar-refractivity contribution < 1.29 is 0 Å². The van der Waals surface area contributed by atoms with Crippen molar-refractivity contribution in [2.24, 2.45) is 5.41 Å². The first-order valence-corrected chi connectivity index (χ1v) is 7.13. The van der Waals surface area contributed by atoms with E-state index in [1.807, 2.05) is 0 Å². The molecule has 2 nitrogen and oxygen atoms in total. The van der Waals surface area contributed by atoms with Crippen LogP contribution in [-0.2, 0) is 0 Å². The minimum absolute atomic E-state index is 0.194. The van der Waals surface area contributed by atoms with Crippen molar-refractivity contribution in [3.05, 3.63) is 28.0 Å². The van der Waals surface area contributed by atoms with Crippen LogP contribution in [0.3, 0.4) is 0 Å². The van der Waals surface area contributed by atoms with Gasteiger partial charge in [0.1, 0.15) is 0 Å². The highest BCUT2D eigenvalue weighted by molar-refractivity contribution is 6.34. The van der Waals surface area contributed by atoms with E-state index in [4.69, 9.17) is 23.2 Å². The van der Waals surface area contributed by atoms with Gasteiger partial charge in [-0.3, -0.25) is 4.98 Å². The van der Waals surface area contributed by atoms with Gasteiger partial charge in [-0.25, -0.2) is 0 Å². The van der Waals surface area contributed by atoms with Gasteiger partial charge >= 0.3 is 0 Å². The Labute approximate surface area is 120 Å². The third-order valence-corrected chi connectivity index (χ3v) is 3.31. The van der Waals surface area contributed by atoms with Crippen molar-refractivity contribution in [1.82, 2.24) is 10.3 Å². The maximum atomic E-state index is 6.22. The monoisotopic (exact) mass is 288 g/mol. The molecule has 0 aliphatic carbocycles. The van der Waals surface area contributed by atoms with Gasteiger partial charge < -0.3 is 5.32 Å². The van der Waals surface area contributed by atoms with Crippen molar-refractivity contribution >= 4 is 23.2 Å². The molecule has 1 heterocycles. The highest BCUT2D eigenvalue weighted by Crippen LogP contribution is 2.30. The average molecular weight is 289 g/mol. The number of aromatic nitrogens is 1. The molecule has 4 heteroatoms. The van der Waals surface area contributed by atoms with Crippen LogP contribution in [0.5, 0.6) is 0 Å². The summed E-state index contributed by atoms with van der Waals surface area (Å²) in [5.74, 6) is 0. The number of nitrogens with one attached hydrogen (secondary N) is 1. The Bertz CT molecular complexity index is 386. The number of hydrogen-bond donors (Lipinski definition) is 1. The molecule has 0 spiro atoms. The number of rotatable bonds is 5. The number of nitrogens with zero attached hydrogens (tertiary/aromatic N) is 1. The molecule has 0 bridgehead atoms.